The Bertz CT molecular complexity index is 297. The van der Waals surface area contributed by atoms with Gasteiger partial charge in [-0.25, -0.2) is 4.98 Å². The highest BCUT2D eigenvalue weighted by Gasteiger charge is 2.15. The Balaban J connectivity index is 1.95. The Labute approximate surface area is 88.1 Å². The van der Waals surface area contributed by atoms with Gasteiger partial charge in [0.25, 0.3) is 0 Å². The van der Waals surface area contributed by atoms with E-state index in [1.54, 1.807) is 17.8 Å². The quantitative estimate of drug-likeness (QED) is 0.693. The molecule has 3 heteroatoms. The molecule has 1 aliphatic rings. The molecule has 0 aliphatic heterocycles. The summed E-state index contributed by atoms with van der Waals surface area (Å²) in [6.07, 6.45) is 6.49. The highest BCUT2D eigenvalue weighted by molar-refractivity contribution is 7.99. The zero-order valence-electron chi connectivity index (χ0n) is 8.08. The molecule has 0 radical (unpaired) electrons. The van der Waals surface area contributed by atoms with Crippen LogP contribution in [-0.4, -0.2) is 10.2 Å². The molecule has 1 aromatic rings. The van der Waals surface area contributed by atoms with Crippen LogP contribution in [0.4, 0.5) is 4.39 Å². The van der Waals surface area contributed by atoms with Crippen LogP contribution in [0.3, 0.4) is 0 Å². The second-order valence-corrected chi connectivity index (χ2v) is 5.00. The van der Waals surface area contributed by atoms with E-state index in [0.717, 1.165) is 5.03 Å². The van der Waals surface area contributed by atoms with Gasteiger partial charge in [0.2, 0.25) is 5.95 Å². The van der Waals surface area contributed by atoms with Crippen molar-refractivity contribution in [2.24, 2.45) is 0 Å². The number of aromatic nitrogens is 1. The van der Waals surface area contributed by atoms with Crippen molar-refractivity contribution >= 4 is 11.8 Å². The first-order valence-electron chi connectivity index (χ1n) is 5.14. The molecule has 1 saturated carbocycles. The molecule has 1 nitrogen and oxygen atoms in total. The van der Waals surface area contributed by atoms with Crippen LogP contribution >= 0.6 is 11.8 Å². The smallest absolute Gasteiger partial charge is 0.213 e. The Morgan fingerprint density at radius 2 is 2.00 bits per heavy atom. The topological polar surface area (TPSA) is 12.9 Å². The van der Waals surface area contributed by atoms with Crippen LogP contribution in [0.15, 0.2) is 23.2 Å². The number of pyridine rings is 1. The molecule has 1 fully saturated rings. The van der Waals surface area contributed by atoms with E-state index >= 15 is 0 Å². The minimum absolute atomic E-state index is 0.370. The maximum absolute atomic E-state index is 12.8. The maximum Gasteiger partial charge on any atom is 0.213 e. The third-order valence-corrected chi connectivity index (χ3v) is 3.80. The van der Waals surface area contributed by atoms with E-state index in [-0.39, 0.29) is 5.95 Å². The van der Waals surface area contributed by atoms with Crippen molar-refractivity contribution in [2.75, 3.05) is 0 Å². The first-order chi connectivity index (χ1) is 6.84. The molecule has 0 N–H and O–H groups in total. The van der Waals surface area contributed by atoms with E-state index in [9.17, 15) is 4.39 Å². The van der Waals surface area contributed by atoms with Crippen LogP contribution < -0.4 is 0 Å². The predicted octanol–water partition coefficient (Wildman–Crippen LogP) is 3.65. The minimum Gasteiger partial charge on any atom is -0.213 e. The summed E-state index contributed by atoms with van der Waals surface area (Å²) in [5, 5.41) is 1.48. The van der Waals surface area contributed by atoms with Crippen molar-refractivity contribution in [3.63, 3.8) is 0 Å². The average molecular weight is 211 g/mol. The molecule has 0 aromatic carbocycles. The Morgan fingerprint density at radius 3 is 2.71 bits per heavy atom. The number of halogens is 1. The van der Waals surface area contributed by atoms with Gasteiger partial charge in [-0.3, -0.25) is 0 Å². The Hall–Kier alpha value is -0.570. The van der Waals surface area contributed by atoms with Gasteiger partial charge < -0.3 is 0 Å². The fourth-order valence-electron chi connectivity index (χ4n) is 1.81. The van der Waals surface area contributed by atoms with Crippen molar-refractivity contribution < 1.29 is 4.39 Å². The highest BCUT2D eigenvalue weighted by atomic mass is 32.2. The van der Waals surface area contributed by atoms with Gasteiger partial charge in [-0.15, -0.1) is 11.8 Å². The molecule has 2 rings (SSSR count). The second kappa shape index (κ2) is 4.78. The summed E-state index contributed by atoms with van der Waals surface area (Å²) in [7, 11) is 0. The molecular weight excluding hydrogens is 197 g/mol. The van der Waals surface area contributed by atoms with E-state index in [1.165, 1.54) is 38.2 Å². The molecule has 0 amide bonds. The standard InChI is InChI=1S/C11H14FNS/c12-10-7-4-8-11(13-10)14-9-5-2-1-3-6-9/h4,7-9H,1-3,5-6H2. The summed E-state index contributed by atoms with van der Waals surface area (Å²) in [4.78, 5) is 3.86. The summed E-state index contributed by atoms with van der Waals surface area (Å²) in [5.41, 5.74) is 0. The van der Waals surface area contributed by atoms with Gasteiger partial charge >= 0.3 is 0 Å². The summed E-state index contributed by atoms with van der Waals surface area (Å²) < 4.78 is 12.8. The van der Waals surface area contributed by atoms with Crippen molar-refractivity contribution in [3.05, 3.63) is 24.1 Å². The van der Waals surface area contributed by atoms with Gasteiger partial charge in [0, 0.05) is 5.25 Å². The fraction of sp³-hybridized carbons (Fsp3) is 0.545. The normalized spacial score (nSPS) is 18.4. The first kappa shape index (κ1) is 9.97. The largest absolute Gasteiger partial charge is 0.213 e. The molecule has 76 valence electrons. The van der Waals surface area contributed by atoms with Gasteiger partial charge in [0.05, 0.1) is 5.03 Å². The molecule has 1 heterocycles. The van der Waals surface area contributed by atoms with Crippen LogP contribution in [0.1, 0.15) is 32.1 Å². The molecule has 1 aromatic heterocycles. The lowest BCUT2D eigenvalue weighted by Crippen LogP contribution is -2.08. The molecule has 0 saturated heterocycles. The van der Waals surface area contributed by atoms with Crippen LogP contribution in [0.2, 0.25) is 0 Å². The zero-order valence-corrected chi connectivity index (χ0v) is 8.89. The molecule has 0 bridgehead atoms. The monoisotopic (exact) mass is 211 g/mol. The molecule has 0 unspecified atom stereocenters. The zero-order chi connectivity index (χ0) is 9.80. The van der Waals surface area contributed by atoms with Crippen molar-refractivity contribution in [2.45, 2.75) is 42.4 Å². The van der Waals surface area contributed by atoms with Crippen LogP contribution in [0, 0.1) is 5.95 Å². The van der Waals surface area contributed by atoms with E-state index in [0.29, 0.717) is 5.25 Å². The maximum atomic E-state index is 12.8. The fourth-order valence-corrected chi connectivity index (χ4v) is 3.02. The molecule has 1 aliphatic carbocycles. The SMILES string of the molecule is Fc1cccc(SC2CCCCC2)n1. The van der Waals surface area contributed by atoms with Crippen molar-refractivity contribution in [3.8, 4) is 0 Å². The Kier molecular flexibility index (Phi) is 3.40. The summed E-state index contributed by atoms with van der Waals surface area (Å²) >= 11 is 1.73. The van der Waals surface area contributed by atoms with Crippen LogP contribution in [-0.2, 0) is 0 Å². The summed E-state index contributed by atoms with van der Waals surface area (Å²) in [6, 6.07) is 5.01. The van der Waals surface area contributed by atoms with E-state index in [4.69, 9.17) is 0 Å². The number of thioether (sulfide) groups is 1. The lowest BCUT2D eigenvalue weighted by Gasteiger charge is -2.20. The van der Waals surface area contributed by atoms with Crippen molar-refractivity contribution in [1.82, 2.24) is 4.98 Å². The Morgan fingerprint density at radius 1 is 1.21 bits per heavy atom. The van der Waals surface area contributed by atoms with E-state index < -0.39 is 0 Å². The molecule has 14 heavy (non-hydrogen) atoms. The highest BCUT2D eigenvalue weighted by Crippen LogP contribution is 2.32. The van der Waals surface area contributed by atoms with Gasteiger partial charge in [-0.2, -0.15) is 4.39 Å². The summed E-state index contributed by atoms with van der Waals surface area (Å²) in [6.45, 7) is 0. The number of rotatable bonds is 2. The number of nitrogens with zero attached hydrogens (tertiary/aromatic N) is 1. The average Bonchev–Trinajstić information content (AvgIpc) is 2.19. The first-order valence-corrected chi connectivity index (χ1v) is 6.02. The number of hydrogen-bond acceptors (Lipinski definition) is 2. The van der Waals surface area contributed by atoms with Crippen LogP contribution in [0.25, 0.3) is 0 Å². The van der Waals surface area contributed by atoms with E-state index in [2.05, 4.69) is 4.98 Å². The second-order valence-electron chi connectivity index (χ2n) is 3.68. The van der Waals surface area contributed by atoms with Crippen molar-refractivity contribution in [1.29, 1.82) is 0 Å². The third-order valence-electron chi connectivity index (χ3n) is 2.53. The third kappa shape index (κ3) is 2.71. The van der Waals surface area contributed by atoms with E-state index in [1.807, 2.05) is 6.07 Å². The van der Waals surface area contributed by atoms with Gasteiger partial charge in [0.15, 0.2) is 0 Å². The predicted molar refractivity (Wildman–Crippen MR) is 56.9 cm³/mol. The van der Waals surface area contributed by atoms with Gasteiger partial charge in [-0.05, 0) is 25.0 Å². The van der Waals surface area contributed by atoms with Crippen LogP contribution in [0.5, 0.6) is 0 Å². The lowest BCUT2D eigenvalue weighted by atomic mass is 10.0. The molecule has 0 spiro atoms. The molecule has 0 atom stereocenters. The number of hydrogen-bond donors (Lipinski definition) is 0. The minimum atomic E-state index is -0.370. The lowest BCUT2D eigenvalue weighted by molar-refractivity contribution is 0.515. The molecular formula is C11H14FNS. The van der Waals surface area contributed by atoms with Gasteiger partial charge in [0.1, 0.15) is 0 Å². The van der Waals surface area contributed by atoms with Gasteiger partial charge in [-0.1, -0.05) is 25.3 Å². The summed E-state index contributed by atoms with van der Waals surface area (Å²) in [5.74, 6) is -0.370.